The lowest BCUT2D eigenvalue weighted by molar-refractivity contribution is 0.506. The van der Waals surface area contributed by atoms with Crippen molar-refractivity contribution in [1.82, 2.24) is 5.32 Å². The highest BCUT2D eigenvalue weighted by Gasteiger charge is 2.39. The number of benzene rings is 1. The van der Waals surface area contributed by atoms with E-state index in [2.05, 4.69) is 35.6 Å². The molecule has 2 aliphatic heterocycles. The Morgan fingerprint density at radius 2 is 1.92 bits per heavy atom. The molecule has 0 unspecified atom stereocenters. The van der Waals surface area contributed by atoms with Crippen molar-refractivity contribution in [3.63, 3.8) is 0 Å². The van der Waals surface area contributed by atoms with Crippen LogP contribution in [0.5, 0.6) is 0 Å². The van der Waals surface area contributed by atoms with Crippen molar-refractivity contribution >= 4 is 0 Å². The molecule has 13 heavy (non-hydrogen) atoms. The Kier molecular flexibility index (Phi) is 1.66. The van der Waals surface area contributed by atoms with Gasteiger partial charge in [0, 0.05) is 18.0 Å². The van der Waals surface area contributed by atoms with E-state index in [0.29, 0.717) is 0 Å². The molecule has 68 valence electrons. The molecule has 0 amide bonds. The van der Waals surface area contributed by atoms with E-state index < -0.39 is 0 Å². The monoisotopic (exact) mass is 173 g/mol. The van der Waals surface area contributed by atoms with Crippen molar-refractivity contribution in [2.75, 3.05) is 0 Å². The molecule has 0 saturated carbocycles. The van der Waals surface area contributed by atoms with Crippen LogP contribution in [0.25, 0.3) is 0 Å². The topological polar surface area (TPSA) is 12.0 Å². The summed E-state index contributed by atoms with van der Waals surface area (Å²) in [5, 5.41) is 3.68. The van der Waals surface area contributed by atoms with Gasteiger partial charge in [-0.3, -0.25) is 0 Å². The van der Waals surface area contributed by atoms with Crippen molar-refractivity contribution in [3.8, 4) is 0 Å². The average molecular weight is 173 g/mol. The first-order chi connectivity index (χ1) is 6.43. The summed E-state index contributed by atoms with van der Waals surface area (Å²) >= 11 is 0. The molecule has 0 aromatic heterocycles. The summed E-state index contributed by atoms with van der Waals surface area (Å²) in [4.78, 5) is 0. The standard InChI is InChI=1S/C12H15N/c1-2-4-9(5-3-1)11-8-10-6-7-12(11)13-10/h1-5,10-13H,6-8H2/t10-,11+,12+/m1/s1. The average Bonchev–Trinajstić information content (AvgIpc) is 2.80. The summed E-state index contributed by atoms with van der Waals surface area (Å²) in [7, 11) is 0. The molecule has 2 fully saturated rings. The van der Waals surface area contributed by atoms with Gasteiger partial charge in [0.15, 0.2) is 0 Å². The maximum atomic E-state index is 3.68. The predicted octanol–water partition coefficient (Wildman–Crippen LogP) is 2.29. The van der Waals surface area contributed by atoms with Gasteiger partial charge in [-0.2, -0.15) is 0 Å². The first-order valence-corrected chi connectivity index (χ1v) is 5.24. The lowest BCUT2D eigenvalue weighted by Crippen LogP contribution is -2.21. The largest absolute Gasteiger partial charge is 0.311 e. The lowest BCUT2D eigenvalue weighted by Gasteiger charge is -2.20. The SMILES string of the molecule is c1ccc([C@@H]2C[C@H]3CC[C@@H]2N3)cc1. The van der Waals surface area contributed by atoms with Crippen molar-refractivity contribution < 1.29 is 0 Å². The molecule has 2 saturated heterocycles. The molecule has 1 heteroatoms. The fraction of sp³-hybridized carbons (Fsp3) is 0.500. The highest BCUT2D eigenvalue weighted by Crippen LogP contribution is 2.39. The minimum Gasteiger partial charge on any atom is -0.311 e. The van der Waals surface area contributed by atoms with Gasteiger partial charge >= 0.3 is 0 Å². The Morgan fingerprint density at radius 3 is 2.54 bits per heavy atom. The quantitative estimate of drug-likeness (QED) is 0.687. The molecule has 0 spiro atoms. The Balaban J connectivity index is 1.87. The van der Waals surface area contributed by atoms with Gasteiger partial charge in [0.2, 0.25) is 0 Å². The van der Waals surface area contributed by atoms with E-state index >= 15 is 0 Å². The van der Waals surface area contributed by atoms with Gasteiger partial charge in [-0.15, -0.1) is 0 Å². The van der Waals surface area contributed by atoms with Crippen LogP contribution in [0.15, 0.2) is 30.3 Å². The van der Waals surface area contributed by atoms with E-state index in [0.717, 1.165) is 18.0 Å². The second-order valence-electron chi connectivity index (χ2n) is 4.30. The Bertz CT molecular complexity index is 293. The molecule has 1 aromatic carbocycles. The summed E-state index contributed by atoms with van der Waals surface area (Å²) in [5.74, 6) is 0.792. The van der Waals surface area contributed by atoms with Crippen LogP contribution < -0.4 is 5.32 Å². The summed E-state index contributed by atoms with van der Waals surface area (Å²) in [6, 6.07) is 12.5. The van der Waals surface area contributed by atoms with Gasteiger partial charge in [0.05, 0.1) is 0 Å². The second kappa shape index (κ2) is 2.85. The summed E-state index contributed by atoms with van der Waals surface area (Å²) in [5.41, 5.74) is 1.53. The van der Waals surface area contributed by atoms with E-state index in [1.165, 1.54) is 24.8 Å². The number of hydrogen-bond acceptors (Lipinski definition) is 1. The first kappa shape index (κ1) is 7.57. The van der Waals surface area contributed by atoms with Crippen LogP contribution in [0, 0.1) is 0 Å². The zero-order chi connectivity index (χ0) is 8.67. The van der Waals surface area contributed by atoms with Crippen molar-refractivity contribution in [1.29, 1.82) is 0 Å². The molecule has 2 bridgehead atoms. The van der Waals surface area contributed by atoms with E-state index in [1.54, 1.807) is 0 Å². The smallest absolute Gasteiger partial charge is 0.0139 e. The summed E-state index contributed by atoms with van der Waals surface area (Å²) < 4.78 is 0. The second-order valence-corrected chi connectivity index (χ2v) is 4.30. The van der Waals surface area contributed by atoms with Crippen LogP contribution in [-0.2, 0) is 0 Å². The van der Waals surface area contributed by atoms with Crippen molar-refractivity contribution in [3.05, 3.63) is 35.9 Å². The molecule has 1 aromatic rings. The van der Waals surface area contributed by atoms with E-state index in [4.69, 9.17) is 0 Å². The normalized spacial score (nSPS) is 36.8. The maximum absolute atomic E-state index is 3.68. The molecular weight excluding hydrogens is 158 g/mol. The molecule has 3 atom stereocenters. The summed E-state index contributed by atoms with van der Waals surface area (Å²) in [6.45, 7) is 0. The zero-order valence-corrected chi connectivity index (χ0v) is 7.74. The first-order valence-electron chi connectivity index (χ1n) is 5.24. The molecular formula is C12H15N. The number of nitrogens with one attached hydrogen (secondary N) is 1. The minimum atomic E-state index is 0.771. The van der Waals surface area contributed by atoms with Crippen LogP contribution in [0.2, 0.25) is 0 Å². The maximum Gasteiger partial charge on any atom is 0.0139 e. The van der Waals surface area contributed by atoms with Gasteiger partial charge in [-0.1, -0.05) is 30.3 Å². The molecule has 3 rings (SSSR count). The predicted molar refractivity (Wildman–Crippen MR) is 53.7 cm³/mol. The van der Waals surface area contributed by atoms with Crippen LogP contribution >= 0.6 is 0 Å². The van der Waals surface area contributed by atoms with Gasteiger partial charge in [0.25, 0.3) is 0 Å². The number of fused-ring (bicyclic) bond motifs is 2. The summed E-state index contributed by atoms with van der Waals surface area (Å²) in [6.07, 6.45) is 4.13. The fourth-order valence-corrected chi connectivity index (χ4v) is 2.89. The van der Waals surface area contributed by atoms with Crippen LogP contribution in [-0.4, -0.2) is 12.1 Å². The molecule has 2 aliphatic rings. The van der Waals surface area contributed by atoms with E-state index in [1.807, 2.05) is 0 Å². The molecule has 1 N–H and O–H groups in total. The Labute approximate surface area is 79.2 Å². The van der Waals surface area contributed by atoms with Crippen LogP contribution in [0.4, 0.5) is 0 Å². The fourth-order valence-electron chi connectivity index (χ4n) is 2.89. The molecule has 1 nitrogen and oxygen atoms in total. The van der Waals surface area contributed by atoms with Crippen molar-refractivity contribution in [2.24, 2.45) is 0 Å². The van der Waals surface area contributed by atoms with Crippen LogP contribution in [0.1, 0.15) is 30.7 Å². The molecule has 0 aliphatic carbocycles. The molecule has 0 radical (unpaired) electrons. The van der Waals surface area contributed by atoms with Gasteiger partial charge in [-0.25, -0.2) is 0 Å². The van der Waals surface area contributed by atoms with Gasteiger partial charge in [0.1, 0.15) is 0 Å². The third kappa shape index (κ3) is 1.19. The minimum absolute atomic E-state index is 0.771. The van der Waals surface area contributed by atoms with Gasteiger partial charge in [-0.05, 0) is 24.8 Å². The highest BCUT2D eigenvalue weighted by atomic mass is 15.0. The van der Waals surface area contributed by atoms with Crippen molar-refractivity contribution in [2.45, 2.75) is 37.3 Å². The highest BCUT2D eigenvalue weighted by molar-refractivity contribution is 5.24. The zero-order valence-electron chi connectivity index (χ0n) is 7.74. The van der Waals surface area contributed by atoms with Crippen LogP contribution in [0.3, 0.4) is 0 Å². The Hall–Kier alpha value is -0.820. The Morgan fingerprint density at radius 1 is 1.08 bits per heavy atom. The third-order valence-corrected chi connectivity index (χ3v) is 3.53. The number of hydrogen-bond donors (Lipinski definition) is 1. The third-order valence-electron chi connectivity index (χ3n) is 3.53. The lowest BCUT2D eigenvalue weighted by atomic mass is 9.84. The number of rotatable bonds is 1. The molecule has 2 heterocycles. The van der Waals surface area contributed by atoms with E-state index in [9.17, 15) is 0 Å². The van der Waals surface area contributed by atoms with Gasteiger partial charge < -0.3 is 5.32 Å². The van der Waals surface area contributed by atoms with E-state index in [-0.39, 0.29) is 0 Å².